The number of ether oxygens (including phenoxy) is 1. The van der Waals surface area contributed by atoms with Gasteiger partial charge in [0, 0.05) is 12.4 Å². The standard InChI is InChI=1S/C15H16N2O4S/c1-2-21-15(18)11-17-22(19,20)14-5-3-12(4-6-14)13-7-9-16-10-8-13/h3-10,17H,2,11H2,1H3. The molecule has 1 N–H and O–H groups in total. The van der Waals surface area contributed by atoms with E-state index in [-0.39, 0.29) is 18.0 Å². The Morgan fingerprint density at radius 3 is 2.27 bits per heavy atom. The molecule has 0 radical (unpaired) electrons. The SMILES string of the molecule is CCOC(=O)CNS(=O)(=O)c1ccc(-c2ccncc2)cc1. The highest BCUT2D eigenvalue weighted by atomic mass is 32.2. The van der Waals surface area contributed by atoms with Crippen LogP contribution in [0.15, 0.2) is 53.7 Å². The van der Waals surface area contributed by atoms with Crippen molar-refractivity contribution in [2.45, 2.75) is 11.8 Å². The van der Waals surface area contributed by atoms with E-state index in [1.165, 1.54) is 12.1 Å². The third-order valence-corrected chi connectivity index (χ3v) is 4.31. The fraction of sp³-hybridized carbons (Fsp3) is 0.200. The zero-order chi connectivity index (χ0) is 16.0. The lowest BCUT2D eigenvalue weighted by atomic mass is 10.1. The van der Waals surface area contributed by atoms with Crippen LogP contribution in [-0.4, -0.2) is 32.5 Å². The van der Waals surface area contributed by atoms with Gasteiger partial charge in [0.05, 0.1) is 11.5 Å². The van der Waals surface area contributed by atoms with Crippen LogP contribution in [0, 0.1) is 0 Å². The maximum Gasteiger partial charge on any atom is 0.321 e. The lowest BCUT2D eigenvalue weighted by Gasteiger charge is -2.07. The monoisotopic (exact) mass is 320 g/mol. The lowest BCUT2D eigenvalue weighted by molar-refractivity contribution is -0.141. The highest BCUT2D eigenvalue weighted by Gasteiger charge is 2.15. The molecule has 6 nitrogen and oxygen atoms in total. The molecular weight excluding hydrogens is 304 g/mol. The number of carbonyl (C=O) groups is 1. The number of carbonyl (C=O) groups excluding carboxylic acids is 1. The molecule has 0 fully saturated rings. The van der Waals surface area contributed by atoms with Crippen molar-refractivity contribution in [3.05, 3.63) is 48.8 Å². The van der Waals surface area contributed by atoms with Gasteiger partial charge in [-0.3, -0.25) is 9.78 Å². The number of rotatable bonds is 6. The van der Waals surface area contributed by atoms with Crippen LogP contribution < -0.4 is 4.72 Å². The van der Waals surface area contributed by atoms with Crippen LogP contribution in [0.25, 0.3) is 11.1 Å². The summed E-state index contributed by atoms with van der Waals surface area (Å²) in [5.74, 6) is -0.612. The Hall–Kier alpha value is -2.25. The zero-order valence-corrected chi connectivity index (χ0v) is 12.8. The molecular formula is C15H16N2O4S. The Kier molecular flexibility index (Phi) is 5.24. The maximum absolute atomic E-state index is 12.1. The van der Waals surface area contributed by atoms with Crippen LogP contribution in [0.3, 0.4) is 0 Å². The summed E-state index contributed by atoms with van der Waals surface area (Å²) in [6, 6.07) is 10.1. The number of hydrogen-bond donors (Lipinski definition) is 1. The molecule has 0 bridgehead atoms. The van der Waals surface area contributed by atoms with Crippen LogP contribution >= 0.6 is 0 Å². The number of sulfonamides is 1. The Labute approximate surface area is 129 Å². The van der Waals surface area contributed by atoms with Gasteiger partial charge in [0.1, 0.15) is 6.54 Å². The first kappa shape index (κ1) is 16.1. The molecule has 1 aromatic heterocycles. The van der Waals surface area contributed by atoms with E-state index in [9.17, 15) is 13.2 Å². The molecule has 1 aromatic carbocycles. The van der Waals surface area contributed by atoms with E-state index in [1.807, 2.05) is 12.1 Å². The van der Waals surface area contributed by atoms with Crippen LogP contribution in [0.1, 0.15) is 6.92 Å². The fourth-order valence-corrected chi connectivity index (χ4v) is 2.79. The second-order valence-corrected chi connectivity index (χ2v) is 6.16. The Balaban J connectivity index is 2.11. The van der Waals surface area contributed by atoms with Crippen LogP contribution in [0.5, 0.6) is 0 Å². The van der Waals surface area contributed by atoms with Gasteiger partial charge in [-0.1, -0.05) is 12.1 Å². The number of benzene rings is 1. The normalized spacial score (nSPS) is 11.1. The van der Waals surface area contributed by atoms with Crippen LogP contribution in [-0.2, 0) is 19.6 Å². The molecule has 22 heavy (non-hydrogen) atoms. The molecule has 0 unspecified atom stereocenters. The fourth-order valence-electron chi connectivity index (χ4n) is 1.82. The van der Waals surface area contributed by atoms with Crippen molar-refractivity contribution in [2.75, 3.05) is 13.2 Å². The third-order valence-electron chi connectivity index (χ3n) is 2.89. The molecule has 0 saturated heterocycles. The van der Waals surface area contributed by atoms with E-state index in [2.05, 4.69) is 14.4 Å². The number of nitrogens with one attached hydrogen (secondary N) is 1. The largest absolute Gasteiger partial charge is 0.465 e. The van der Waals surface area contributed by atoms with E-state index in [0.29, 0.717) is 0 Å². The van der Waals surface area contributed by atoms with Crippen molar-refractivity contribution in [1.29, 1.82) is 0 Å². The van der Waals surface area contributed by atoms with Gasteiger partial charge in [-0.05, 0) is 42.3 Å². The van der Waals surface area contributed by atoms with Crippen molar-refractivity contribution in [2.24, 2.45) is 0 Å². The summed E-state index contributed by atoms with van der Waals surface area (Å²) in [4.78, 5) is 15.2. The van der Waals surface area contributed by atoms with Gasteiger partial charge < -0.3 is 4.74 Å². The summed E-state index contributed by atoms with van der Waals surface area (Å²) in [5.41, 5.74) is 1.82. The van der Waals surface area contributed by atoms with E-state index >= 15 is 0 Å². The van der Waals surface area contributed by atoms with Gasteiger partial charge >= 0.3 is 5.97 Å². The lowest BCUT2D eigenvalue weighted by Crippen LogP contribution is -2.30. The molecule has 0 spiro atoms. The summed E-state index contributed by atoms with van der Waals surface area (Å²) in [5, 5.41) is 0. The number of esters is 1. The summed E-state index contributed by atoms with van der Waals surface area (Å²) in [6.07, 6.45) is 3.34. The molecule has 0 aliphatic rings. The molecule has 0 atom stereocenters. The number of pyridine rings is 1. The predicted molar refractivity (Wildman–Crippen MR) is 81.5 cm³/mol. The van der Waals surface area contributed by atoms with Gasteiger partial charge in [-0.25, -0.2) is 8.42 Å². The summed E-state index contributed by atoms with van der Waals surface area (Å²) in [6.45, 7) is 1.48. The molecule has 116 valence electrons. The van der Waals surface area contributed by atoms with Crippen molar-refractivity contribution in [1.82, 2.24) is 9.71 Å². The average molecular weight is 320 g/mol. The summed E-state index contributed by atoms with van der Waals surface area (Å²) in [7, 11) is -3.74. The molecule has 0 aliphatic carbocycles. The molecule has 2 rings (SSSR count). The topological polar surface area (TPSA) is 85.4 Å². The molecule has 0 aliphatic heterocycles. The van der Waals surface area contributed by atoms with E-state index < -0.39 is 16.0 Å². The van der Waals surface area contributed by atoms with Crippen molar-refractivity contribution in [3.63, 3.8) is 0 Å². The maximum atomic E-state index is 12.1. The van der Waals surface area contributed by atoms with E-state index in [0.717, 1.165) is 11.1 Å². The van der Waals surface area contributed by atoms with E-state index in [1.54, 1.807) is 31.5 Å². The molecule has 0 saturated carbocycles. The second kappa shape index (κ2) is 7.15. The highest BCUT2D eigenvalue weighted by molar-refractivity contribution is 7.89. The van der Waals surface area contributed by atoms with Gasteiger partial charge in [-0.2, -0.15) is 4.72 Å². The zero-order valence-electron chi connectivity index (χ0n) is 12.0. The van der Waals surface area contributed by atoms with Crippen LogP contribution in [0.2, 0.25) is 0 Å². The Bertz CT molecular complexity index is 728. The van der Waals surface area contributed by atoms with Gasteiger partial charge in [0.2, 0.25) is 10.0 Å². The van der Waals surface area contributed by atoms with Gasteiger partial charge in [-0.15, -0.1) is 0 Å². The molecule has 0 amide bonds. The van der Waals surface area contributed by atoms with Crippen LogP contribution in [0.4, 0.5) is 0 Å². The summed E-state index contributed by atoms with van der Waals surface area (Å²) >= 11 is 0. The van der Waals surface area contributed by atoms with Gasteiger partial charge in [0.15, 0.2) is 0 Å². The predicted octanol–water partition coefficient (Wildman–Crippen LogP) is 1.59. The molecule has 1 heterocycles. The second-order valence-electron chi connectivity index (χ2n) is 4.39. The van der Waals surface area contributed by atoms with Crippen molar-refractivity contribution >= 4 is 16.0 Å². The first-order valence-electron chi connectivity index (χ1n) is 6.68. The first-order valence-corrected chi connectivity index (χ1v) is 8.17. The first-order chi connectivity index (χ1) is 10.5. The molecule has 2 aromatic rings. The minimum absolute atomic E-state index is 0.0922. The van der Waals surface area contributed by atoms with Gasteiger partial charge in [0.25, 0.3) is 0 Å². The quantitative estimate of drug-likeness (QED) is 0.817. The summed E-state index contributed by atoms with van der Waals surface area (Å²) < 4.78 is 31.0. The Morgan fingerprint density at radius 1 is 1.09 bits per heavy atom. The minimum atomic E-state index is -3.74. The average Bonchev–Trinajstić information content (AvgIpc) is 2.54. The Morgan fingerprint density at radius 2 is 1.68 bits per heavy atom. The third kappa shape index (κ3) is 4.12. The molecule has 7 heteroatoms. The highest BCUT2D eigenvalue weighted by Crippen LogP contribution is 2.20. The van der Waals surface area contributed by atoms with Crippen molar-refractivity contribution in [3.8, 4) is 11.1 Å². The number of nitrogens with zero attached hydrogens (tertiary/aromatic N) is 1. The number of hydrogen-bond acceptors (Lipinski definition) is 5. The number of aromatic nitrogens is 1. The van der Waals surface area contributed by atoms with E-state index in [4.69, 9.17) is 0 Å². The minimum Gasteiger partial charge on any atom is -0.465 e. The smallest absolute Gasteiger partial charge is 0.321 e. The van der Waals surface area contributed by atoms with Crippen molar-refractivity contribution < 1.29 is 17.9 Å².